The SMILES string of the molecule is O=C1Nc2ccc(I)cc2C1(O)c1cccc2ccccc12. The Hall–Kier alpha value is -1.92. The fourth-order valence-corrected chi connectivity index (χ4v) is 3.56. The minimum absolute atomic E-state index is 0.402. The lowest BCUT2D eigenvalue weighted by molar-refractivity contribution is -0.129. The average Bonchev–Trinajstić information content (AvgIpc) is 2.79. The first-order valence-corrected chi connectivity index (χ1v) is 8.00. The number of aliphatic hydroxyl groups is 1. The van der Waals surface area contributed by atoms with Crippen LogP contribution in [-0.4, -0.2) is 11.0 Å². The number of hydrogen-bond donors (Lipinski definition) is 2. The maximum atomic E-state index is 12.5. The molecular weight excluding hydrogens is 389 g/mol. The van der Waals surface area contributed by atoms with E-state index in [-0.39, 0.29) is 0 Å². The summed E-state index contributed by atoms with van der Waals surface area (Å²) in [5, 5.41) is 16.0. The lowest BCUT2D eigenvalue weighted by Gasteiger charge is -2.23. The largest absolute Gasteiger partial charge is 0.372 e. The van der Waals surface area contributed by atoms with Crippen molar-refractivity contribution in [3.63, 3.8) is 0 Å². The number of fused-ring (bicyclic) bond motifs is 2. The van der Waals surface area contributed by atoms with E-state index in [4.69, 9.17) is 0 Å². The van der Waals surface area contributed by atoms with Crippen LogP contribution in [0.25, 0.3) is 10.8 Å². The molecule has 4 rings (SSSR count). The molecule has 1 amide bonds. The number of rotatable bonds is 1. The van der Waals surface area contributed by atoms with Gasteiger partial charge in [0, 0.05) is 20.4 Å². The van der Waals surface area contributed by atoms with Crippen LogP contribution >= 0.6 is 22.6 Å². The minimum atomic E-state index is -1.66. The van der Waals surface area contributed by atoms with Gasteiger partial charge in [0.05, 0.1) is 0 Å². The first-order chi connectivity index (χ1) is 10.6. The van der Waals surface area contributed by atoms with Crippen molar-refractivity contribution >= 4 is 45.0 Å². The second kappa shape index (κ2) is 4.79. The van der Waals surface area contributed by atoms with Gasteiger partial charge in [-0.05, 0) is 51.6 Å². The van der Waals surface area contributed by atoms with Gasteiger partial charge in [-0.25, -0.2) is 0 Å². The number of carbonyl (C=O) groups excluding carboxylic acids is 1. The van der Waals surface area contributed by atoms with Crippen LogP contribution in [0.3, 0.4) is 0 Å². The highest BCUT2D eigenvalue weighted by Crippen LogP contribution is 2.43. The van der Waals surface area contributed by atoms with E-state index in [1.165, 1.54) is 0 Å². The van der Waals surface area contributed by atoms with Gasteiger partial charge < -0.3 is 10.4 Å². The summed E-state index contributed by atoms with van der Waals surface area (Å²) >= 11 is 2.18. The van der Waals surface area contributed by atoms with Gasteiger partial charge in [-0.15, -0.1) is 0 Å². The number of benzene rings is 3. The van der Waals surface area contributed by atoms with Gasteiger partial charge in [0.2, 0.25) is 0 Å². The standard InChI is InChI=1S/C18H12INO2/c19-12-8-9-16-15(10-12)18(22,17(21)20-16)14-7-3-5-11-4-1-2-6-13(11)14/h1-10,22H,(H,20,21). The number of halogens is 1. The van der Waals surface area contributed by atoms with Gasteiger partial charge in [-0.3, -0.25) is 4.79 Å². The highest BCUT2D eigenvalue weighted by atomic mass is 127. The molecular formula is C18H12INO2. The molecule has 3 aromatic rings. The minimum Gasteiger partial charge on any atom is -0.372 e. The zero-order valence-electron chi connectivity index (χ0n) is 11.5. The molecule has 0 aliphatic carbocycles. The summed E-state index contributed by atoms with van der Waals surface area (Å²) in [5.74, 6) is -0.402. The Morgan fingerprint density at radius 1 is 0.955 bits per heavy atom. The number of anilines is 1. The van der Waals surface area contributed by atoms with E-state index in [0.29, 0.717) is 16.8 Å². The Balaban J connectivity index is 2.06. The molecule has 0 spiro atoms. The molecule has 22 heavy (non-hydrogen) atoms. The Kier molecular flexibility index (Phi) is 2.99. The number of hydrogen-bond acceptors (Lipinski definition) is 2. The zero-order chi connectivity index (χ0) is 15.3. The highest BCUT2D eigenvalue weighted by Gasteiger charge is 2.47. The van der Waals surface area contributed by atoms with Crippen LogP contribution in [0.5, 0.6) is 0 Å². The highest BCUT2D eigenvalue weighted by molar-refractivity contribution is 14.1. The predicted octanol–water partition coefficient (Wildman–Crippen LogP) is 3.63. The molecule has 0 bridgehead atoms. The van der Waals surface area contributed by atoms with E-state index in [1.54, 1.807) is 0 Å². The lowest BCUT2D eigenvalue weighted by Crippen LogP contribution is -2.35. The monoisotopic (exact) mass is 401 g/mol. The van der Waals surface area contributed by atoms with Crippen molar-refractivity contribution in [1.29, 1.82) is 0 Å². The smallest absolute Gasteiger partial charge is 0.265 e. The normalized spacial score (nSPS) is 20.0. The fraction of sp³-hybridized carbons (Fsp3) is 0.0556. The lowest BCUT2D eigenvalue weighted by atomic mass is 9.84. The molecule has 1 unspecified atom stereocenters. The van der Waals surface area contributed by atoms with Crippen molar-refractivity contribution in [2.24, 2.45) is 0 Å². The van der Waals surface area contributed by atoms with E-state index < -0.39 is 11.5 Å². The van der Waals surface area contributed by atoms with Crippen molar-refractivity contribution in [3.05, 3.63) is 75.4 Å². The van der Waals surface area contributed by atoms with Crippen molar-refractivity contribution in [2.45, 2.75) is 5.60 Å². The number of carbonyl (C=O) groups is 1. The van der Waals surface area contributed by atoms with Crippen LogP contribution in [0, 0.1) is 3.57 Å². The van der Waals surface area contributed by atoms with Gasteiger partial charge in [0.25, 0.3) is 5.91 Å². The summed E-state index contributed by atoms with van der Waals surface area (Å²) in [7, 11) is 0. The molecule has 1 aliphatic rings. The number of amides is 1. The molecule has 1 heterocycles. The van der Waals surface area contributed by atoms with Crippen LogP contribution in [0.1, 0.15) is 11.1 Å². The maximum absolute atomic E-state index is 12.5. The molecule has 0 saturated carbocycles. The third-order valence-electron chi connectivity index (χ3n) is 4.13. The van der Waals surface area contributed by atoms with Gasteiger partial charge >= 0.3 is 0 Å². The van der Waals surface area contributed by atoms with E-state index in [9.17, 15) is 9.90 Å². The van der Waals surface area contributed by atoms with Crippen LogP contribution < -0.4 is 5.32 Å². The molecule has 1 atom stereocenters. The molecule has 3 nitrogen and oxygen atoms in total. The molecule has 2 N–H and O–H groups in total. The quantitative estimate of drug-likeness (QED) is 0.612. The van der Waals surface area contributed by atoms with Gasteiger partial charge in [-0.1, -0.05) is 42.5 Å². The van der Waals surface area contributed by atoms with Crippen LogP contribution in [0.4, 0.5) is 5.69 Å². The molecule has 0 fully saturated rings. The van der Waals surface area contributed by atoms with Crippen molar-refractivity contribution in [2.75, 3.05) is 5.32 Å². The van der Waals surface area contributed by atoms with Gasteiger partial charge in [0.15, 0.2) is 5.60 Å². The van der Waals surface area contributed by atoms with Gasteiger partial charge in [0.1, 0.15) is 0 Å². The summed E-state index contributed by atoms with van der Waals surface area (Å²) in [6.45, 7) is 0. The molecule has 4 heteroatoms. The van der Waals surface area contributed by atoms with Crippen molar-refractivity contribution < 1.29 is 9.90 Å². The fourth-order valence-electron chi connectivity index (χ4n) is 3.07. The van der Waals surface area contributed by atoms with E-state index in [1.807, 2.05) is 60.7 Å². The second-order valence-electron chi connectivity index (χ2n) is 5.38. The maximum Gasteiger partial charge on any atom is 0.265 e. The van der Waals surface area contributed by atoms with Crippen molar-refractivity contribution in [1.82, 2.24) is 0 Å². The van der Waals surface area contributed by atoms with E-state index >= 15 is 0 Å². The third-order valence-corrected chi connectivity index (χ3v) is 4.80. The van der Waals surface area contributed by atoms with Gasteiger partial charge in [-0.2, -0.15) is 0 Å². The number of nitrogens with one attached hydrogen (secondary N) is 1. The first kappa shape index (κ1) is 13.7. The molecule has 0 aromatic heterocycles. The van der Waals surface area contributed by atoms with E-state index in [2.05, 4.69) is 27.9 Å². The zero-order valence-corrected chi connectivity index (χ0v) is 13.7. The first-order valence-electron chi connectivity index (χ1n) is 6.93. The average molecular weight is 401 g/mol. The topological polar surface area (TPSA) is 49.3 Å². The molecule has 1 aliphatic heterocycles. The molecule has 0 saturated heterocycles. The second-order valence-corrected chi connectivity index (χ2v) is 6.63. The third kappa shape index (κ3) is 1.80. The molecule has 3 aromatic carbocycles. The predicted molar refractivity (Wildman–Crippen MR) is 94.7 cm³/mol. The summed E-state index contributed by atoms with van der Waals surface area (Å²) in [4.78, 5) is 12.5. The van der Waals surface area contributed by atoms with E-state index in [0.717, 1.165) is 14.3 Å². The van der Waals surface area contributed by atoms with Crippen LogP contribution in [-0.2, 0) is 10.4 Å². The Labute approximate surface area is 141 Å². The summed E-state index contributed by atoms with van der Waals surface area (Å²) < 4.78 is 0.978. The molecule has 0 radical (unpaired) electrons. The van der Waals surface area contributed by atoms with Crippen molar-refractivity contribution in [3.8, 4) is 0 Å². The summed E-state index contributed by atoms with van der Waals surface area (Å²) in [6.07, 6.45) is 0. The van der Waals surface area contributed by atoms with Crippen LogP contribution in [0.2, 0.25) is 0 Å². The summed E-state index contributed by atoms with van der Waals surface area (Å²) in [6, 6.07) is 19.0. The Bertz CT molecular complexity index is 917. The molecule has 108 valence electrons. The van der Waals surface area contributed by atoms with Crippen LogP contribution in [0.15, 0.2) is 60.7 Å². The summed E-state index contributed by atoms with van der Waals surface area (Å²) in [5.41, 5.74) is 0.239. The Morgan fingerprint density at radius 3 is 2.59 bits per heavy atom. The Morgan fingerprint density at radius 2 is 1.73 bits per heavy atom.